The third-order valence-corrected chi connectivity index (χ3v) is 1.45. The van der Waals surface area contributed by atoms with E-state index in [-0.39, 0.29) is 0 Å². The van der Waals surface area contributed by atoms with Crippen molar-refractivity contribution < 1.29 is 4.39 Å². The highest BCUT2D eigenvalue weighted by Gasteiger charge is 1.99. The lowest BCUT2D eigenvalue weighted by Crippen LogP contribution is -1.79. The van der Waals surface area contributed by atoms with Gasteiger partial charge in [0.15, 0.2) is 0 Å². The molecule has 0 radical (unpaired) electrons. The van der Waals surface area contributed by atoms with Gasteiger partial charge < -0.3 is 4.98 Å². The number of aryl methyl sites for hydroxylation is 1. The lowest BCUT2D eigenvalue weighted by atomic mass is 10.4. The summed E-state index contributed by atoms with van der Waals surface area (Å²) in [6.45, 7) is 1.82. The molecule has 0 unspecified atom stereocenters. The SMILES string of the molecule is Cc1nc2cc(F)ncc2[nH]1. The summed E-state index contributed by atoms with van der Waals surface area (Å²) in [5, 5.41) is 0. The number of imidazole rings is 1. The van der Waals surface area contributed by atoms with E-state index in [1.54, 1.807) is 0 Å². The number of H-pyrrole nitrogens is 1. The van der Waals surface area contributed by atoms with E-state index in [1.165, 1.54) is 12.3 Å². The van der Waals surface area contributed by atoms with Gasteiger partial charge in [-0.25, -0.2) is 9.97 Å². The first-order chi connectivity index (χ1) is 5.25. The molecule has 0 spiro atoms. The minimum atomic E-state index is -0.496. The van der Waals surface area contributed by atoms with Crippen molar-refractivity contribution in [2.24, 2.45) is 0 Å². The maximum Gasteiger partial charge on any atom is 0.215 e. The van der Waals surface area contributed by atoms with Crippen LogP contribution in [-0.2, 0) is 0 Å². The largest absolute Gasteiger partial charge is 0.341 e. The van der Waals surface area contributed by atoms with Crippen molar-refractivity contribution in [3.63, 3.8) is 0 Å². The fraction of sp³-hybridized carbons (Fsp3) is 0.143. The van der Waals surface area contributed by atoms with Crippen LogP contribution in [0.5, 0.6) is 0 Å². The summed E-state index contributed by atoms with van der Waals surface area (Å²) >= 11 is 0. The number of fused-ring (bicyclic) bond motifs is 1. The Hall–Kier alpha value is -1.45. The highest BCUT2D eigenvalue weighted by atomic mass is 19.1. The lowest BCUT2D eigenvalue weighted by Gasteiger charge is -1.85. The van der Waals surface area contributed by atoms with E-state index in [0.717, 1.165) is 11.3 Å². The van der Waals surface area contributed by atoms with E-state index in [2.05, 4.69) is 15.0 Å². The Morgan fingerprint density at radius 1 is 1.55 bits per heavy atom. The summed E-state index contributed by atoms with van der Waals surface area (Å²) in [6, 6.07) is 1.30. The Morgan fingerprint density at radius 2 is 2.36 bits per heavy atom. The molecule has 0 atom stereocenters. The third kappa shape index (κ3) is 0.960. The Morgan fingerprint density at radius 3 is 3.18 bits per heavy atom. The molecular formula is C7H6FN3. The predicted octanol–water partition coefficient (Wildman–Crippen LogP) is 1.41. The first-order valence-electron chi connectivity index (χ1n) is 3.23. The van der Waals surface area contributed by atoms with E-state index in [9.17, 15) is 4.39 Å². The van der Waals surface area contributed by atoms with Gasteiger partial charge in [-0.3, -0.25) is 0 Å². The summed E-state index contributed by atoms with van der Waals surface area (Å²) in [4.78, 5) is 10.5. The van der Waals surface area contributed by atoms with Crippen LogP contribution in [0.4, 0.5) is 4.39 Å². The molecule has 0 aliphatic heterocycles. The van der Waals surface area contributed by atoms with Gasteiger partial charge >= 0.3 is 0 Å². The predicted molar refractivity (Wildman–Crippen MR) is 38.6 cm³/mol. The van der Waals surface area contributed by atoms with Crippen molar-refractivity contribution in [3.8, 4) is 0 Å². The minimum absolute atomic E-state index is 0.496. The molecule has 2 rings (SSSR count). The van der Waals surface area contributed by atoms with Gasteiger partial charge in [0, 0.05) is 6.07 Å². The summed E-state index contributed by atoms with van der Waals surface area (Å²) in [5.74, 6) is 0.274. The van der Waals surface area contributed by atoms with Crippen LogP contribution in [0.2, 0.25) is 0 Å². The average Bonchev–Trinajstić information content (AvgIpc) is 2.27. The monoisotopic (exact) mass is 151 g/mol. The molecule has 4 heteroatoms. The first-order valence-corrected chi connectivity index (χ1v) is 3.23. The van der Waals surface area contributed by atoms with E-state index >= 15 is 0 Å². The average molecular weight is 151 g/mol. The van der Waals surface area contributed by atoms with Crippen molar-refractivity contribution in [1.29, 1.82) is 0 Å². The second-order valence-electron chi connectivity index (χ2n) is 2.35. The van der Waals surface area contributed by atoms with Crippen LogP contribution in [0.3, 0.4) is 0 Å². The van der Waals surface area contributed by atoms with Crippen LogP contribution >= 0.6 is 0 Å². The Labute approximate surface area is 62.3 Å². The molecule has 0 fully saturated rings. The topological polar surface area (TPSA) is 41.6 Å². The molecule has 0 amide bonds. The van der Waals surface area contributed by atoms with Crippen LogP contribution in [0.15, 0.2) is 12.3 Å². The zero-order valence-electron chi connectivity index (χ0n) is 5.93. The highest BCUT2D eigenvalue weighted by molar-refractivity contribution is 5.73. The second kappa shape index (κ2) is 2.02. The second-order valence-corrected chi connectivity index (χ2v) is 2.35. The fourth-order valence-corrected chi connectivity index (χ4v) is 1.01. The fourth-order valence-electron chi connectivity index (χ4n) is 1.01. The van der Waals surface area contributed by atoms with Crippen molar-refractivity contribution in [3.05, 3.63) is 24.0 Å². The van der Waals surface area contributed by atoms with Crippen LogP contribution < -0.4 is 0 Å². The molecule has 0 aliphatic carbocycles. The van der Waals surface area contributed by atoms with Gasteiger partial charge in [0.1, 0.15) is 5.82 Å². The lowest BCUT2D eigenvalue weighted by molar-refractivity contribution is 0.586. The quantitative estimate of drug-likeness (QED) is 0.578. The molecule has 56 valence electrons. The normalized spacial score (nSPS) is 10.7. The maximum absolute atomic E-state index is 12.5. The van der Waals surface area contributed by atoms with Gasteiger partial charge in [-0.2, -0.15) is 4.39 Å². The first kappa shape index (κ1) is 6.27. The van der Waals surface area contributed by atoms with Crippen LogP contribution in [-0.4, -0.2) is 15.0 Å². The maximum atomic E-state index is 12.5. The number of nitrogens with one attached hydrogen (secondary N) is 1. The van der Waals surface area contributed by atoms with Crippen LogP contribution in [0, 0.1) is 12.9 Å². The molecule has 0 bridgehead atoms. The van der Waals surface area contributed by atoms with Crippen molar-refractivity contribution in [1.82, 2.24) is 15.0 Å². The van der Waals surface area contributed by atoms with Gasteiger partial charge in [-0.1, -0.05) is 0 Å². The number of halogens is 1. The molecule has 0 aromatic carbocycles. The van der Waals surface area contributed by atoms with Gasteiger partial charge in [0.05, 0.1) is 17.2 Å². The highest BCUT2D eigenvalue weighted by Crippen LogP contribution is 2.09. The third-order valence-electron chi connectivity index (χ3n) is 1.45. The number of aromatic nitrogens is 3. The van der Waals surface area contributed by atoms with Crippen LogP contribution in [0.25, 0.3) is 11.0 Å². The van der Waals surface area contributed by atoms with E-state index in [0.29, 0.717) is 5.52 Å². The number of pyridine rings is 1. The molecular weight excluding hydrogens is 145 g/mol. The zero-order chi connectivity index (χ0) is 7.84. The molecule has 0 saturated carbocycles. The number of hydrogen-bond donors (Lipinski definition) is 1. The number of hydrogen-bond acceptors (Lipinski definition) is 2. The summed E-state index contributed by atoms with van der Waals surface area (Å²) in [7, 11) is 0. The molecule has 1 N–H and O–H groups in total. The molecule has 2 aromatic heterocycles. The summed E-state index contributed by atoms with van der Waals surface area (Å²) < 4.78 is 12.5. The van der Waals surface area contributed by atoms with Crippen molar-refractivity contribution >= 4 is 11.0 Å². The smallest absolute Gasteiger partial charge is 0.215 e. The summed E-state index contributed by atoms with van der Waals surface area (Å²) in [5.41, 5.74) is 1.39. The van der Waals surface area contributed by atoms with E-state index < -0.39 is 5.95 Å². The van der Waals surface area contributed by atoms with Crippen molar-refractivity contribution in [2.75, 3.05) is 0 Å². The Bertz CT molecular complexity index is 393. The molecule has 11 heavy (non-hydrogen) atoms. The molecule has 0 saturated heterocycles. The van der Waals surface area contributed by atoms with E-state index in [1.807, 2.05) is 6.92 Å². The standard InChI is InChI=1S/C7H6FN3/c1-4-10-5-2-7(8)9-3-6(5)11-4/h2-3H,1H3,(H,10,11). The Balaban J connectivity index is 2.82. The molecule has 2 aromatic rings. The summed E-state index contributed by atoms with van der Waals surface area (Å²) in [6.07, 6.45) is 1.44. The van der Waals surface area contributed by atoms with E-state index in [4.69, 9.17) is 0 Å². The molecule has 0 aliphatic rings. The van der Waals surface area contributed by atoms with Gasteiger partial charge in [0.2, 0.25) is 5.95 Å². The molecule has 3 nitrogen and oxygen atoms in total. The van der Waals surface area contributed by atoms with Crippen molar-refractivity contribution in [2.45, 2.75) is 6.92 Å². The zero-order valence-corrected chi connectivity index (χ0v) is 5.93. The molecule has 2 heterocycles. The number of aromatic amines is 1. The number of nitrogens with zero attached hydrogens (tertiary/aromatic N) is 2. The van der Waals surface area contributed by atoms with Crippen LogP contribution in [0.1, 0.15) is 5.82 Å². The minimum Gasteiger partial charge on any atom is -0.341 e. The van der Waals surface area contributed by atoms with Gasteiger partial charge in [-0.15, -0.1) is 0 Å². The Kier molecular flexibility index (Phi) is 1.15. The number of rotatable bonds is 0. The van der Waals surface area contributed by atoms with Gasteiger partial charge in [0.25, 0.3) is 0 Å². The van der Waals surface area contributed by atoms with Gasteiger partial charge in [-0.05, 0) is 6.92 Å².